The number of hydrogen-bond donors (Lipinski definition) is 1. The zero-order valence-corrected chi connectivity index (χ0v) is 13.8. The number of benzene rings is 2. The molecule has 1 saturated heterocycles. The first-order chi connectivity index (χ1) is 10.2. The number of rotatable bonds is 2. The Kier molecular flexibility index (Phi) is 4.63. The molecule has 0 saturated carbocycles. The van der Waals surface area contributed by atoms with Crippen LogP contribution in [0.25, 0.3) is 0 Å². The molecule has 0 aliphatic carbocycles. The van der Waals surface area contributed by atoms with Crippen molar-refractivity contribution in [1.82, 2.24) is 5.32 Å². The third-order valence-corrected chi connectivity index (χ3v) is 5.19. The van der Waals surface area contributed by atoms with Gasteiger partial charge in [-0.1, -0.05) is 51.8 Å². The summed E-state index contributed by atoms with van der Waals surface area (Å²) < 4.78 is 14.9. The summed E-state index contributed by atoms with van der Waals surface area (Å²) in [4.78, 5) is 0. The molecule has 0 radical (unpaired) electrons. The van der Waals surface area contributed by atoms with E-state index in [1.807, 2.05) is 18.2 Å². The van der Waals surface area contributed by atoms with Gasteiger partial charge in [-0.15, -0.1) is 0 Å². The van der Waals surface area contributed by atoms with Crippen LogP contribution in [-0.4, -0.2) is 13.1 Å². The van der Waals surface area contributed by atoms with Gasteiger partial charge in [-0.3, -0.25) is 0 Å². The van der Waals surface area contributed by atoms with E-state index in [1.54, 1.807) is 12.1 Å². The van der Waals surface area contributed by atoms with E-state index < -0.39 is 0 Å². The third kappa shape index (κ3) is 3.15. The summed E-state index contributed by atoms with van der Waals surface area (Å²) in [5.74, 6) is 0.296. The fraction of sp³-hybridized carbons (Fsp3) is 0.294. The molecule has 1 aliphatic rings. The lowest BCUT2D eigenvalue weighted by Crippen LogP contribution is -2.34. The fourth-order valence-electron chi connectivity index (χ4n) is 3.10. The van der Waals surface area contributed by atoms with Gasteiger partial charge in [0.05, 0.1) is 5.02 Å². The number of nitrogens with one attached hydrogen (secondary N) is 1. The summed E-state index contributed by atoms with van der Waals surface area (Å²) in [6.07, 6.45) is 0.993. The maximum absolute atomic E-state index is 13.8. The molecule has 0 amide bonds. The molecule has 2 unspecified atom stereocenters. The molecule has 2 aromatic rings. The molecular weight excluding hydrogens is 353 g/mol. The first kappa shape index (κ1) is 15.0. The summed E-state index contributed by atoms with van der Waals surface area (Å²) in [7, 11) is 0. The summed E-state index contributed by atoms with van der Waals surface area (Å²) in [6.45, 7) is 1.85. The van der Waals surface area contributed by atoms with Gasteiger partial charge in [0.15, 0.2) is 0 Å². The topological polar surface area (TPSA) is 12.0 Å². The zero-order chi connectivity index (χ0) is 14.8. The van der Waals surface area contributed by atoms with Crippen LogP contribution in [0.5, 0.6) is 0 Å². The van der Waals surface area contributed by atoms with Crippen LogP contribution in [0, 0.1) is 5.82 Å². The molecule has 1 N–H and O–H groups in total. The second kappa shape index (κ2) is 6.47. The highest BCUT2D eigenvalue weighted by Crippen LogP contribution is 2.40. The molecule has 1 fully saturated rings. The molecule has 1 heterocycles. The minimum Gasteiger partial charge on any atom is -0.316 e. The van der Waals surface area contributed by atoms with E-state index >= 15 is 0 Å². The van der Waals surface area contributed by atoms with Crippen molar-refractivity contribution < 1.29 is 4.39 Å². The van der Waals surface area contributed by atoms with Crippen LogP contribution in [0.1, 0.15) is 29.4 Å². The molecule has 110 valence electrons. The number of hydrogen-bond acceptors (Lipinski definition) is 1. The molecule has 1 aliphatic heterocycles. The molecule has 2 atom stereocenters. The van der Waals surface area contributed by atoms with Gasteiger partial charge in [0.2, 0.25) is 0 Å². The third-order valence-electron chi connectivity index (χ3n) is 4.16. The Balaban J connectivity index is 1.98. The molecule has 3 rings (SSSR count). The average molecular weight is 369 g/mol. The van der Waals surface area contributed by atoms with Crippen molar-refractivity contribution in [2.24, 2.45) is 0 Å². The molecule has 0 bridgehead atoms. The Morgan fingerprint density at radius 2 is 1.95 bits per heavy atom. The maximum atomic E-state index is 13.8. The van der Waals surface area contributed by atoms with Crippen LogP contribution < -0.4 is 5.32 Å². The van der Waals surface area contributed by atoms with Crippen LogP contribution in [-0.2, 0) is 0 Å². The first-order valence-corrected chi connectivity index (χ1v) is 8.24. The number of halogens is 3. The summed E-state index contributed by atoms with van der Waals surface area (Å²) in [6, 6.07) is 13.5. The first-order valence-electron chi connectivity index (χ1n) is 7.07. The van der Waals surface area contributed by atoms with Crippen molar-refractivity contribution in [3.05, 3.63) is 68.9 Å². The average Bonchev–Trinajstić information content (AvgIpc) is 2.51. The standard InChI is InChI=1S/C17H16BrClFN/c18-15-4-2-1-3-13(15)14-10-21-8-7-12(14)11-5-6-16(19)17(20)9-11/h1-6,9,12,14,21H,7-8,10H2. The van der Waals surface area contributed by atoms with Gasteiger partial charge in [-0.25, -0.2) is 4.39 Å². The van der Waals surface area contributed by atoms with E-state index in [0.717, 1.165) is 29.5 Å². The van der Waals surface area contributed by atoms with E-state index in [4.69, 9.17) is 11.6 Å². The van der Waals surface area contributed by atoms with Crippen molar-refractivity contribution >= 4 is 27.5 Å². The number of piperidine rings is 1. The van der Waals surface area contributed by atoms with E-state index in [-0.39, 0.29) is 10.8 Å². The van der Waals surface area contributed by atoms with Gasteiger partial charge in [-0.2, -0.15) is 0 Å². The SMILES string of the molecule is Fc1cc(C2CCNCC2c2ccccc2Br)ccc1Cl. The highest BCUT2D eigenvalue weighted by molar-refractivity contribution is 9.10. The van der Waals surface area contributed by atoms with Crippen LogP contribution in [0.2, 0.25) is 5.02 Å². The Morgan fingerprint density at radius 3 is 2.71 bits per heavy atom. The van der Waals surface area contributed by atoms with Gasteiger partial charge in [-0.05, 0) is 48.2 Å². The van der Waals surface area contributed by atoms with Gasteiger partial charge in [0.25, 0.3) is 0 Å². The fourth-order valence-corrected chi connectivity index (χ4v) is 3.80. The van der Waals surface area contributed by atoms with E-state index in [1.165, 1.54) is 5.56 Å². The summed E-state index contributed by atoms with van der Waals surface area (Å²) >= 11 is 9.44. The highest BCUT2D eigenvalue weighted by atomic mass is 79.9. The van der Waals surface area contributed by atoms with Crippen molar-refractivity contribution in [3.63, 3.8) is 0 Å². The van der Waals surface area contributed by atoms with Gasteiger partial charge in [0, 0.05) is 16.9 Å². The van der Waals surface area contributed by atoms with Gasteiger partial charge in [0.1, 0.15) is 5.82 Å². The molecule has 0 spiro atoms. The Bertz CT molecular complexity index is 646. The van der Waals surface area contributed by atoms with Crippen molar-refractivity contribution in [1.29, 1.82) is 0 Å². The molecule has 1 nitrogen and oxygen atoms in total. The summed E-state index contributed by atoms with van der Waals surface area (Å²) in [5, 5.41) is 3.63. The molecule has 21 heavy (non-hydrogen) atoms. The second-order valence-electron chi connectivity index (χ2n) is 5.40. The van der Waals surface area contributed by atoms with Crippen molar-refractivity contribution in [3.8, 4) is 0 Å². The quantitative estimate of drug-likeness (QED) is 0.777. The largest absolute Gasteiger partial charge is 0.316 e. The van der Waals surface area contributed by atoms with Crippen LogP contribution in [0.3, 0.4) is 0 Å². The van der Waals surface area contributed by atoms with Crippen LogP contribution in [0.4, 0.5) is 4.39 Å². The minimum atomic E-state index is -0.335. The smallest absolute Gasteiger partial charge is 0.142 e. The Morgan fingerprint density at radius 1 is 1.14 bits per heavy atom. The van der Waals surface area contributed by atoms with Crippen LogP contribution in [0.15, 0.2) is 46.9 Å². The lowest BCUT2D eigenvalue weighted by atomic mass is 9.77. The van der Waals surface area contributed by atoms with E-state index in [9.17, 15) is 4.39 Å². The molecule has 2 aromatic carbocycles. The molecular formula is C17H16BrClFN. The van der Waals surface area contributed by atoms with E-state index in [0.29, 0.717) is 11.8 Å². The molecule has 4 heteroatoms. The van der Waals surface area contributed by atoms with Crippen LogP contribution >= 0.6 is 27.5 Å². The normalized spacial score (nSPS) is 22.2. The second-order valence-corrected chi connectivity index (χ2v) is 6.66. The van der Waals surface area contributed by atoms with Crippen molar-refractivity contribution in [2.45, 2.75) is 18.3 Å². The minimum absolute atomic E-state index is 0.185. The van der Waals surface area contributed by atoms with E-state index in [2.05, 4.69) is 33.4 Å². The van der Waals surface area contributed by atoms with Gasteiger partial charge >= 0.3 is 0 Å². The molecule has 0 aromatic heterocycles. The predicted molar refractivity (Wildman–Crippen MR) is 88.5 cm³/mol. The zero-order valence-electron chi connectivity index (χ0n) is 11.5. The predicted octanol–water partition coefficient (Wildman–Crippen LogP) is 5.10. The Labute approximate surface area is 137 Å². The highest BCUT2D eigenvalue weighted by Gasteiger charge is 2.29. The van der Waals surface area contributed by atoms with Gasteiger partial charge < -0.3 is 5.32 Å². The monoisotopic (exact) mass is 367 g/mol. The maximum Gasteiger partial charge on any atom is 0.142 e. The lowest BCUT2D eigenvalue weighted by molar-refractivity contribution is 0.402. The lowest BCUT2D eigenvalue weighted by Gasteiger charge is -2.33. The Hall–Kier alpha value is -0.900. The van der Waals surface area contributed by atoms with Crippen molar-refractivity contribution in [2.75, 3.05) is 13.1 Å². The summed E-state index contributed by atoms with van der Waals surface area (Å²) in [5.41, 5.74) is 2.30.